The zero-order valence-corrected chi connectivity index (χ0v) is 19.1. The molecule has 0 aromatic heterocycles. The number of ketones is 1. The van der Waals surface area contributed by atoms with E-state index in [2.05, 4.69) is 0 Å². The Kier molecular flexibility index (Phi) is 6.82. The van der Waals surface area contributed by atoms with Gasteiger partial charge < -0.3 is 19.5 Å². The van der Waals surface area contributed by atoms with E-state index in [1.165, 1.54) is 49.5 Å². The van der Waals surface area contributed by atoms with Crippen LogP contribution in [-0.2, 0) is 16.0 Å². The van der Waals surface area contributed by atoms with E-state index in [9.17, 15) is 23.5 Å². The Morgan fingerprint density at radius 1 is 0.943 bits per heavy atom. The number of hydrogen-bond acceptors (Lipinski definition) is 5. The normalized spacial score (nSPS) is 17.0. The number of benzene rings is 3. The molecule has 0 radical (unpaired) electrons. The van der Waals surface area contributed by atoms with Gasteiger partial charge in [-0.05, 0) is 54.4 Å². The number of ether oxygens (including phenoxy) is 2. The Labute approximate surface area is 201 Å². The summed E-state index contributed by atoms with van der Waals surface area (Å²) in [5.74, 6) is -2.39. The highest BCUT2D eigenvalue weighted by Crippen LogP contribution is 2.40. The molecule has 1 heterocycles. The maximum atomic E-state index is 14.9. The summed E-state index contributed by atoms with van der Waals surface area (Å²) in [6.07, 6.45) is 0.328. The molecular formula is C27H23F2NO5. The number of carbonyl (C=O) groups excluding carboxylic acids is 2. The Balaban J connectivity index is 1.75. The second-order valence-electron chi connectivity index (χ2n) is 7.96. The number of hydrogen-bond donors (Lipinski definition) is 1. The average Bonchev–Trinajstić information content (AvgIpc) is 3.12. The van der Waals surface area contributed by atoms with Crippen molar-refractivity contribution in [1.29, 1.82) is 0 Å². The summed E-state index contributed by atoms with van der Waals surface area (Å²) in [6.45, 7) is 0.0687. The molecule has 8 heteroatoms. The van der Waals surface area contributed by atoms with E-state index in [1.807, 2.05) is 0 Å². The van der Waals surface area contributed by atoms with E-state index in [0.717, 1.165) is 17.7 Å². The molecule has 1 amide bonds. The third-order valence-electron chi connectivity index (χ3n) is 5.95. The summed E-state index contributed by atoms with van der Waals surface area (Å²) in [6, 6.07) is 14.7. The van der Waals surface area contributed by atoms with Crippen LogP contribution in [0, 0.1) is 11.6 Å². The van der Waals surface area contributed by atoms with Crippen molar-refractivity contribution in [2.24, 2.45) is 0 Å². The zero-order chi connectivity index (χ0) is 25.1. The first kappa shape index (κ1) is 23.9. The van der Waals surface area contributed by atoms with E-state index in [0.29, 0.717) is 17.9 Å². The lowest BCUT2D eigenvalue weighted by molar-refractivity contribution is -0.139. The number of methoxy groups -OCH3 is 2. The molecule has 1 N–H and O–H groups in total. The minimum Gasteiger partial charge on any atom is -0.507 e. The fourth-order valence-electron chi connectivity index (χ4n) is 4.18. The Morgan fingerprint density at radius 3 is 2.29 bits per heavy atom. The van der Waals surface area contributed by atoms with Crippen LogP contribution < -0.4 is 9.47 Å². The van der Waals surface area contributed by atoms with E-state index in [1.54, 1.807) is 24.3 Å². The van der Waals surface area contributed by atoms with Gasteiger partial charge in [-0.3, -0.25) is 9.59 Å². The molecule has 1 fully saturated rings. The van der Waals surface area contributed by atoms with Crippen LogP contribution in [0.2, 0.25) is 0 Å². The lowest BCUT2D eigenvalue weighted by atomic mass is 9.94. The van der Waals surface area contributed by atoms with Crippen molar-refractivity contribution in [3.63, 3.8) is 0 Å². The monoisotopic (exact) mass is 479 g/mol. The smallest absolute Gasteiger partial charge is 0.295 e. The van der Waals surface area contributed by atoms with Crippen molar-refractivity contribution in [3.8, 4) is 11.5 Å². The summed E-state index contributed by atoms with van der Waals surface area (Å²) in [7, 11) is 3.03. The summed E-state index contributed by atoms with van der Waals surface area (Å²) in [5, 5.41) is 11.0. The van der Waals surface area contributed by atoms with Gasteiger partial charge in [0.2, 0.25) is 0 Å². The van der Waals surface area contributed by atoms with E-state index < -0.39 is 35.1 Å². The van der Waals surface area contributed by atoms with Gasteiger partial charge in [-0.2, -0.15) is 0 Å². The van der Waals surface area contributed by atoms with Crippen molar-refractivity contribution in [3.05, 3.63) is 101 Å². The maximum Gasteiger partial charge on any atom is 0.295 e. The van der Waals surface area contributed by atoms with Crippen molar-refractivity contribution >= 4 is 17.4 Å². The van der Waals surface area contributed by atoms with E-state index in [4.69, 9.17) is 9.47 Å². The number of rotatable bonds is 7. The number of nitrogens with zero attached hydrogens (tertiary/aromatic N) is 1. The minimum absolute atomic E-state index is 0.0687. The van der Waals surface area contributed by atoms with Crippen LogP contribution >= 0.6 is 0 Å². The molecule has 1 aliphatic heterocycles. The highest BCUT2D eigenvalue weighted by Gasteiger charge is 2.46. The minimum atomic E-state index is -1.15. The SMILES string of the molecule is COc1ccc(CCN2C(=O)C(=O)C(=C(O)c3ccc(F)cc3)[C@@H]2c2ccccc2F)cc1OC. The maximum absolute atomic E-state index is 14.9. The molecule has 1 atom stereocenters. The predicted octanol–water partition coefficient (Wildman–Crippen LogP) is 4.65. The summed E-state index contributed by atoms with van der Waals surface area (Å²) < 4.78 is 38.8. The molecule has 0 spiro atoms. The number of aliphatic hydroxyl groups is 1. The summed E-state index contributed by atoms with van der Waals surface area (Å²) in [5.41, 5.74) is 0.766. The van der Waals surface area contributed by atoms with Crippen molar-refractivity contribution in [2.45, 2.75) is 12.5 Å². The molecule has 35 heavy (non-hydrogen) atoms. The molecule has 1 aliphatic rings. The van der Waals surface area contributed by atoms with Crippen LogP contribution in [0.1, 0.15) is 22.7 Å². The highest BCUT2D eigenvalue weighted by molar-refractivity contribution is 6.46. The Bertz CT molecular complexity index is 1300. The van der Waals surface area contributed by atoms with Gasteiger partial charge in [-0.1, -0.05) is 24.3 Å². The molecule has 4 rings (SSSR count). The van der Waals surface area contributed by atoms with Gasteiger partial charge in [0.1, 0.15) is 17.4 Å². The third kappa shape index (κ3) is 4.59. The second-order valence-corrected chi connectivity index (χ2v) is 7.96. The number of Topliss-reactive ketones (excluding diaryl/α,β-unsaturated/α-hetero) is 1. The van der Waals surface area contributed by atoms with Gasteiger partial charge in [-0.15, -0.1) is 0 Å². The fourth-order valence-corrected chi connectivity index (χ4v) is 4.18. The first-order valence-corrected chi connectivity index (χ1v) is 10.9. The molecule has 0 unspecified atom stereocenters. The molecule has 3 aromatic rings. The lowest BCUT2D eigenvalue weighted by Crippen LogP contribution is -2.32. The number of likely N-dealkylation sites (tertiary alicyclic amines) is 1. The quantitative estimate of drug-likeness (QED) is 0.303. The van der Waals surface area contributed by atoms with Crippen LogP contribution in [-0.4, -0.2) is 42.5 Å². The molecule has 0 saturated carbocycles. The number of aliphatic hydroxyl groups excluding tert-OH is 1. The van der Waals surface area contributed by atoms with Crippen LogP contribution in [0.3, 0.4) is 0 Å². The van der Waals surface area contributed by atoms with Crippen molar-refractivity contribution < 1.29 is 33.0 Å². The molecule has 6 nitrogen and oxygen atoms in total. The molecule has 3 aromatic carbocycles. The third-order valence-corrected chi connectivity index (χ3v) is 5.95. The van der Waals surface area contributed by atoms with Crippen LogP contribution in [0.15, 0.2) is 72.3 Å². The predicted molar refractivity (Wildman–Crippen MR) is 125 cm³/mol. The molecule has 1 saturated heterocycles. The van der Waals surface area contributed by atoms with Gasteiger partial charge in [0, 0.05) is 17.7 Å². The van der Waals surface area contributed by atoms with Crippen molar-refractivity contribution in [2.75, 3.05) is 20.8 Å². The molecule has 0 bridgehead atoms. The van der Waals surface area contributed by atoms with Crippen LogP contribution in [0.4, 0.5) is 8.78 Å². The van der Waals surface area contributed by atoms with Gasteiger partial charge in [-0.25, -0.2) is 8.78 Å². The summed E-state index contributed by atoms with van der Waals surface area (Å²) in [4.78, 5) is 27.3. The second kappa shape index (κ2) is 9.97. The average molecular weight is 479 g/mol. The number of halogens is 2. The largest absolute Gasteiger partial charge is 0.507 e. The van der Waals surface area contributed by atoms with Crippen LogP contribution in [0.5, 0.6) is 11.5 Å². The topological polar surface area (TPSA) is 76.1 Å². The highest BCUT2D eigenvalue weighted by atomic mass is 19.1. The van der Waals surface area contributed by atoms with Gasteiger partial charge in [0.05, 0.1) is 25.8 Å². The zero-order valence-electron chi connectivity index (χ0n) is 19.1. The van der Waals surface area contributed by atoms with Crippen molar-refractivity contribution in [1.82, 2.24) is 4.90 Å². The van der Waals surface area contributed by atoms with E-state index >= 15 is 0 Å². The van der Waals surface area contributed by atoms with E-state index in [-0.39, 0.29) is 23.2 Å². The summed E-state index contributed by atoms with van der Waals surface area (Å²) >= 11 is 0. The standard InChI is InChI=1S/C27H23F2NO5/c1-34-21-12-7-16(15-22(21)35-2)13-14-30-24(19-5-3-4-6-20(19)29)23(26(32)27(30)33)25(31)17-8-10-18(28)11-9-17/h3-12,15,24,31H,13-14H2,1-2H3/t24-/m0/s1. The number of carbonyl (C=O) groups is 2. The molecular weight excluding hydrogens is 456 g/mol. The molecule has 180 valence electrons. The van der Waals surface area contributed by atoms with Gasteiger partial charge in [0.25, 0.3) is 11.7 Å². The Hall–Kier alpha value is -4.20. The first-order chi connectivity index (χ1) is 16.8. The van der Waals surface area contributed by atoms with Gasteiger partial charge >= 0.3 is 0 Å². The fraction of sp³-hybridized carbons (Fsp3) is 0.185. The molecule has 0 aliphatic carbocycles. The number of amides is 1. The Morgan fingerprint density at radius 2 is 1.63 bits per heavy atom. The lowest BCUT2D eigenvalue weighted by Gasteiger charge is -2.25. The first-order valence-electron chi connectivity index (χ1n) is 10.9. The van der Waals surface area contributed by atoms with Crippen LogP contribution in [0.25, 0.3) is 5.76 Å². The van der Waals surface area contributed by atoms with Gasteiger partial charge in [0.15, 0.2) is 11.5 Å².